The van der Waals surface area contributed by atoms with Gasteiger partial charge in [-0.1, -0.05) is 24.8 Å². The number of hydrogen-bond donors (Lipinski definition) is 2. The lowest BCUT2D eigenvalue weighted by Gasteiger charge is -2.11. The third-order valence-electron chi connectivity index (χ3n) is 3.74. The lowest BCUT2D eigenvalue weighted by atomic mass is 10.2. The number of hydrogen-bond acceptors (Lipinski definition) is 7. The fraction of sp³-hybridized carbons (Fsp3) is 0.150. The Morgan fingerprint density at radius 3 is 2.86 bits per heavy atom. The summed E-state index contributed by atoms with van der Waals surface area (Å²) in [5.74, 6) is 0.635. The molecule has 2 aromatic carbocycles. The zero-order valence-electron chi connectivity index (χ0n) is 15.8. The summed E-state index contributed by atoms with van der Waals surface area (Å²) >= 11 is 0. The van der Waals surface area contributed by atoms with E-state index >= 15 is 0 Å². The third kappa shape index (κ3) is 5.82. The number of benzene rings is 2. The SMILES string of the molecule is C=CCOc1cc(F)ccc1-c1ncnc(Nc2cccc(CS(C)(=N)=O)c2)n1. The number of nitrogens with zero attached hydrogens (tertiary/aromatic N) is 3. The first-order chi connectivity index (χ1) is 13.8. The Labute approximate surface area is 168 Å². The van der Waals surface area contributed by atoms with E-state index in [0.29, 0.717) is 22.8 Å². The molecule has 1 heterocycles. The van der Waals surface area contributed by atoms with Crippen molar-refractivity contribution in [2.75, 3.05) is 18.2 Å². The van der Waals surface area contributed by atoms with E-state index in [-0.39, 0.29) is 18.3 Å². The van der Waals surface area contributed by atoms with Crippen LogP contribution in [0.1, 0.15) is 5.56 Å². The number of anilines is 2. The van der Waals surface area contributed by atoms with Crippen LogP contribution in [0.25, 0.3) is 11.4 Å². The molecule has 0 amide bonds. The van der Waals surface area contributed by atoms with Crippen molar-refractivity contribution in [2.24, 2.45) is 0 Å². The Kier molecular flexibility index (Phi) is 6.18. The molecular weight excluding hydrogens is 393 g/mol. The number of nitrogens with one attached hydrogen (secondary N) is 2. The molecule has 0 saturated carbocycles. The van der Waals surface area contributed by atoms with Gasteiger partial charge in [-0.2, -0.15) is 4.98 Å². The van der Waals surface area contributed by atoms with E-state index in [2.05, 4.69) is 26.8 Å². The summed E-state index contributed by atoms with van der Waals surface area (Å²) in [5.41, 5.74) is 1.98. The van der Waals surface area contributed by atoms with Gasteiger partial charge >= 0.3 is 0 Å². The lowest BCUT2D eigenvalue weighted by Crippen LogP contribution is -2.03. The number of rotatable bonds is 8. The molecule has 3 aromatic rings. The topological polar surface area (TPSA) is 101 Å². The first-order valence-electron chi connectivity index (χ1n) is 8.64. The molecule has 0 saturated heterocycles. The van der Waals surface area contributed by atoms with Gasteiger partial charge in [-0.15, -0.1) is 0 Å². The maximum atomic E-state index is 13.6. The molecule has 1 aromatic heterocycles. The van der Waals surface area contributed by atoms with E-state index in [4.69, 9.17) is 9.52 Å². The largest absolute Gasteiger partial charge is 0.489 e. The summed E-state index contributed by atoms with van der Waals surface area (Å²) in [6, 6.07) is 11.3. The van der Waals surface area contributed by atoms with Gasteiger partial charge in [-0.05, 0) is 29.8 Å². The number of halogens is 1. The minimum atomic E-state index is -2.65. The van der Waals surface area contributed by atoms with Gasteiger partial charge in [-0.3, -0.25) is 4.78 Å². The second-order valence-corrected chi connectivity index (χ2v) is 8.65. The molecular formula is C20H20FN5O2S. The maximum Gasteiger partial charge on any atom is 0.230 e. The molecule has 3 rings (SSSR count). The minimum Gasteiger partial charge on any atom is -0.489 e. The van der Waals surface area contributed by atoms with Crippen LogP contribution in [0.5, 0.6) is 5.75 Å². The number of ether oxygens (including phenoxy) is 1. The Morgan fingerprint density at radius 1 is 1.28 bits per heavy atom. The molecule has 150 valence electrons. The van der Waals surface area contributed by atoms with E-state index in [1.165, 1.54) is 24.7 Å². The summed E-state index contributed by atoms with van der Waals surface area (Å²) in [7, 11) is -2.65. The molecule has 1 atom stereocenters. The summed E-state index contributed by atoms with van der Waals surface area (Å²) in [5, 5.41) is 3.07. The van der Waals surface area contributed by atoms with Gasteiger partial charge in [0.1, 0.15) is 24.5 Å². The predicted octanol–water partition coefficient (Wildman–Crippen LogP) is 4.16. The van der Waals surface area contributed by atoms with E-state index in [0.717, 1.165) is 5.56 Å². The average Bonchev–Trinajstić information content (AvgIpc) is 2.65. The quantitative estimate of drug-likeness (QED) is 0.538. The van der Waals surface area contributed by atoms with Gasteiger partial charge in [0.05, 0.1) is 11.3 Å². The number of aromatic nitrogens is 3. The van der Waals surface area contributed by atoms with Crippen molar-refractivity contribution in [1.82, 2.24) is 15.0 Å². The molecule has 0 fully saturated rings. The fourth-order valence-electron chi connectivity index (χ4n) is 2.62. The van der Waals surface area contributed by atoms with Crippen LogP contribution in [0.3, 0.4) is 0 Å². The van der Waals surface area contributed by atoms with Crippen molar-refractivity contribution in [2.45, 2.75) is 5.75 Å². The maximum absolute atomic E-state index is 13.6. The third-order valence-corrected chi connectivity index (χ3v) is 4.62. The molecule has 0 aliphatic rings. The summed E-state index contributed by atoms with van der Waals surface area (Å²) in [6.07, 6.45) is 4.31. The van der Waals surface area contributed by atoms with Crippen molar-refractivity contribution in [3.05, 3.63) is 72.8 Å². The normalized spacial score (nSPS) is 12.8. The molecule has 1 unspecified atom stereocenters. The van der Waals surface area contributed by atoms with Gasteiger partial charge in [-0.25, -0.2) is 18.6 Å². The molecule has 0 radical (unpaired) electrons. The van der Waals surface area contributed by atoms with Crippen molar-refractivity contribution in [3.8, 4) is 17.1 Å². The van der Waals surface area contributed by atoms with Gasteiger partial charge in [0.15, 0.2) is 5.82 Å². The van der Waals surface area contributed by atoms with Gasteiger partial charge < -0.3 is 10.1 Å². The fourth-order valence-corrected chi connectivity index (χ4v) is 3.44. The van der Waals surface area contributed by atoms with Gasteiger partial charge in [0.25, 0.3) is 0 Å². The van der Waals surface area contributed by atoms with Gasteiger partial charge in [0, 0.05) is 27.7 Å². The zero-order valence-corrected chi connectivity index (χ0v) is 16.6. The Morgan fingerprint density at radius 2 is 2.10 bits per heavy atom. The highest BCUT2D eigenvalue weighted by Gasteiger charge is 2.12. The summed E-state index contributed by atoms with van der Waals surface area (Å²) < 4.78 is 38.4. The average molecular weight is 413 g/mol. The molecule has 29 heavy (non-hydrogen) atoms. The van der Waals surface area contributed by atoms with Crippen molar-refractivity contribution >= 4 is 21.4 Å². The Balaban J connectivity index is 1.88. The van der Waals surface area contributed by atoms with E-state index in [1.807, 2.05) is 12.1 Å². The molecule has 0 aliphatic carbocycles. The molecule has 0 aliphatic heterocycles. The van der Waals surface area contributed by atoms with E-state index in [1.54, 1.807) is 24.3 Å². The minimum absolute atomic E-state index is 0.157. The highest BCUT2D eigenvalue weighted by molar-refractivity contribution is 7.90. The predicted molar refractivity (Wildman–Crippen MR) is 111 cm³/mol. The smallest absolute Gasteiger partial charge is 0.230 e. The molecule has 0 spiro atoms. The lowest BCUT2D eigenvalue weighted by molar-refractivity contribution is 0.362. The van der Waals surface area contributed by atoms with Gasteiger partial charge in [0.2, 0.25) is 5.95 Å². The van der Waals surface area contributed by atoms with Crippen LogP contribution in [0.2, 0.25) is 0 Å². The van der Waals surface area contributed by atoms with E-state index in [9.17, 15) is 8.60 Å². The molecule has 9 heteroatoms. The van der Waals surface area contributed by atoms with Crippen molar-refractivity contribution in [1.29, 1.82) is 4.78 Å². The van der Waals surface area contributed by atoms with Crippen LogP contribution in [-0.2, 0) is 15.5 Å². The van der Waals surface area contributed by atoms with Crippen LogP contribution in [0.4, 0.5) is 16.0 Å². The molecule has 0 bridgehead atoms. The Bertz CT molecular complexity index is 1140. The molecule has 2 N–H and O–H groups in total. The van der Waals surface area contributed by atoms with E-state index < -0.39 is 15.5 Å². The highest BCUT2D eigenvalue weighted by atomic mass is 32.2. The van der Waals surface area contributed by atoms with Crippen LogP contribution in [0, 0.1) is 10.6 Å². The summed E-state index contributed by atoms with van der Waals surface area (Å²) in [4.78, 5) is 12.7. The highest BCUT2D eigenvalue weighted by Crippen LogP contribution is 2.29. The summed E-state index contributed by atoms with van der Waals surface area (Å²) in [6.45, 7) is 3.81. The first kappa shape index (κ1) is 20.4. The van der Waals surface area contributed by atoms with Crippen LogP contribution in [-0.4, -0.2) is 32.0 Å². The zero-order chi connectivity index (χ0) is 20.9. The molecule has 7 nitrogen and oxygen atoms in total. The first-order valence-corrected chi connectivity index (χ1v) is 10.8. The van der Waals surface area contributed by atoms with Crippen LogP contribution >= 0.6 is 0 Å². The van der Waals surface area contributed by atoms with Crippen LogP contribution in [0.15, 0.2) is 61.4 Å². The van der Waals surface area contributed by atoms with Crippen molar-refractivity contribution < 1.29 is 13.3 Å². The Hall–Kier alpha value is -3.33. The van der Waals surface area contributed by atoms with Crippen molar-refractivity contribution in [3.63, 3.8) is 0 Å². The standard InChI is InChI=1S/C20H20FN5O2S/c1-3-9-28-18-11-15(21)7-8-17(18)19-23-13-24-20(26-19)25-16-6-4-5-14(10-16)12-29(2,22)27/h3-8,10-11,13,22H,1,9,12H2,2H3,(H,23,24,25,26). The second-order valence-electron chi connectivity index (χ2n) is 6.35. The van der Waals surface area contributed by atoms with Crippen LogP contribution < -0.4 is 10.1 Å². The second kappa shape index (κ2) is 8.78. The monoisotopic (exact) mass is 413 g/mol.